The second-order valence-corrected chi connectivity index (χ2v) is 8.45. The molecule has 0 spiro atoms. The first-order chi connectivity index (χ1) is 10.6. The van der Waals surface area contributed by atoms with Crippen molar-refractivity contribution in [3.05, 3.63) is 80.0 Å². The Morgan fingerprint density at radius 2 is 1.91 bits per heavy atom. The van der Waals surface area contributed by atoms with Crippen LogP contribution in [0.25, 0.3) is 0 Å². The summed E-state index contributed by atoms with van der Waals surface area (Å²) in [5.41, 5.74) is 7.82. The lowest BCUT2D eigenvalue weighted by molar-refractivity contribution is 0.610. The first-order valence-corrected chi connectivity index (χ1v) is 9.22. The standard InChI is InChI=1S/C21H21I/c1-21(2)19-6-4-3-5-17(19)18-12-9-15(13-20(18)21)14-7-10-16(22)11-8-14/h3-7,9-10,13,18H,8,11-12H2,1-2H3. The zero-order valence-corrected chi connectivity index (χ0v) is 15.4. The molecule has 1 aromatic carbocycles. The number of allylic oxidation sites excluding steroid dienone is 8. The molecule has 0 radical (unpaired) electrons. The highest BCUT2D eigenvalue weighted by Crippen LogP contribution is 2.53. The number of hydrogen-bond donors (Lipinski definition) is 0. The lowest BCUT2D eigenvalue weighted by atomic mass is 9.76. The van der Waals surface area contributed by atoms with Gasteiger partial charge in [0.1, 0.15) is 0 Å². The van der Waals surface area contributed by atoms with E-state index in [1.165, 1.54) is 33.1 Å². The van der Waals surface area contributed by atoms with Crippen molar-refractivity contribution in [3.8, 4) is 0 Å². The van der Waals surface area contributed by atoms with Gasteiger partial charge in [0, 0.05) is 11.3 Å². The van der Waals surface area contributed by atoms with Crippen molar-refractivity contribution in [2.24, 2.45) is 0 Å². The molecule has 0 amide bonds. The van der Waals surface area contributed by atoms with Gasteiger partial charge in [-0.1, -0.05) is 68.0 Å². The lowest BCUT2D eigenvalue weighted by Gasteiger charge is -2.28. The van der Waals surface area contributed by atoms with E-state index in [1.807, 2.05) is 0 Å². The summed E-state index contributed by atoms with van der Waals surface area (Å²) in [7, 11) is 0. The zero-order valence-electron chi connectivity index (χ0n) is 13.2. The van der Waals surface area contributed by atoms with Crippen molar-refractivity contribution in [2.45, 2.75) is 44.4 Å². The molecule has 0 aromatic heterocycles. The highest BCUT2D eigenvalue weighted by Gasteiger charge is 2.41. The van der Waals surface area contributed by atoms with Crippen LogP contribution in [0.4, 0.5) is 0 Å². The van der Waals surface area contributed by atoms with E-state index in [1.54, 1.807) is 11.1 Å². The molecule has 0 saturated carbocycles. The number of fused-ring (bicyclic) bond motifs is 3. The van der Waals surface area contributed by atoms with Gasteiger partial charge >= 0.3 is 0 Å². The van der Waals surface area contributed by atoms with Crippen molar-refractivity contribution >= 4 is 22.6 Å². The molecular formula is C21H21I. The average Bonchev–Trinajstić information content (AvgIpc) is 2.77. The fourth-order valence-electron chi connectivity index (χ4n) is 4.21. The quantitative estimate of drug-likeness (QED) is 0.482. The van der Waals surface area contributed by atoms with Gasteiger partial charge in [0.25, 0.3) is 0 Å². The molecule has 1 heteroatoms. The average molecular weight is 400 g/mol. The van der Waals surface area contributed by atoms with Crippen LogP contribution >= 0.6 is 22.6 Å². The summed E-state index contributed by atoms with van der Waals surface area (Å²) >= 11 is 2.45. The van der Waals surface area contributed by atoms with Crippen LogP contribution in [0.3, 0.4) is 0 Å². The maximum atomic E-state index is 2.49. The monoisotopic (exact) mass is 400 g/mol. The molecule has 3 aliphatic carbocycles. The van der Waals surface area contributed by atoms with Crippen LogP contribution in [0, 0.1) is 0 Å². The molecule has 0 aliphatic heterocycles. The fraction of sp³-hybridized carbons (Fsp3) is 0.333. The Morgan fingerprint density at radius 1 is 1.09 bits per heavy atom. The van der Waals surface area contributed by atoms with Crippen LogP contribution < -0.4 is 0 Å². The molecule has 0 nitrogen and oxygen atoms in total. The maximum Gasteiger partial charge on any atom is 0.0118 e. The van der Waals surface area contributed by atoms with E-state index < -0.39 is 0 Å². The number of benzene rings is 1. The van der Waals surface area contributed by atoms with Gasteiger partial charge in [-0.05, 0) is 67.7 Å². The summed E-state index contributed by atoms with van der Waals surface area (Å²) < 4.78 is 1.47. The van der Waals surface area contributed by atoms with E-state index in [4.69, 9.17) is 0 Å². The van der Waals surface area contributed by atoms with E-state index >= 15 is 0 Å². The van der Waals surface area contributed by atoms with Crippen LogP contribution in [0.15, 0.2) is 68.9 Å². The normalized spacial score (nSPS) is 25.5. The molecule has 112 valence electrons. The van der Waals surface area contributed by atoms with Crippen molar-refractivity contribution in [3.63, 3.8) is 0 Å². The highest BCUT2D eigenvalue weighted by molar-refractivity contribution is 14.1. The summed E-state index contributed by atoms with van der Waals surface area (Å²) in [6, 6.07) is 9.02. The van der Waals surface area contributed by atoms with Crippen LogP contribution in [0.1, 0.15) is 50.2 Å². The number of halogens is 1. The molecule has 0 saturated heterocycles. The van der Waals surface area contributed by atoms with Gasteiger partial charge in [0.15, 0.2) is 0 Å². The summed E-state index contributed by atoms with van der Waals surface area (Å²) in [4.78, 5) is 0. The molecule has 3 aliphatic rings. The second kappa shape index (κ2) is 5.23. The van der Waals surface area contributed by atoms with Gasteiger partial charge in [0.05, 0.1) is 0 Å². The van der Waals surface area contributed by atoms with Crippen LogP contribution in [-0.2, 0) is 5.41 Å². The van der Waals surface area contributed by atoms with Crippen molar-refractivity contribution < 1.29 is 0 Å². The molecule has 0 fully saturated rings. The Balaban J connectivity index is 1.76. The van der Waals surface area contributed by atoms with E-state index in [-0.39, 0.29) is 5.41 Å². The molecule has 0 N–H and O–H groups in total. The molecule has 0 heterocycles. The topological polar surface area (TPSA) is 0 Å². The van der Waals surface area contributed by atoms with Gasteiger partial charge in [-0.3, -0.25) is 0 Å². The first-order valence-electron chi connectivity index (χ1n) is 8.14. The summed E-state index contributed by atoms with van der Waals surface area (Å²) in [6.07, 6.45) is 13.1. The Morgan fingerprint density at radius 3 is 2.68 bits per heavy atom. The fourth-order valence-corrected chi connectivity index (χ4v) is 4.66. The van der Waals surface area contributed by atoms with E-state index in [2.05, 4.69) is 85.0 Å². The summed E-state index contributed by atoms with van der Waals surface area (Å²) in [5.74, 6) is 0.592. The summed E-state index contributed by atoms with van der Waals surface area (Å²) in [5, 5.41) is 0. The van der Waals surface area contributed by atoms with Gasteiger partial charge < -0.3 is 0 Å². The minimum absolute atomic E-state index is 0.167. The lowest BCUT2D eigenvalue weighted by Crippen LogP contribution is -2.18. The SMILES string of the molecule is CC1(C)C2=CC(C3=CC=C(I)CC3)=CCC2c2ccccc21. The largest absolute Gasteiger partial charge is 0.0761 e. The van der Waals surface area contributed by atoms with Crippen LogP contribution in [0.5, 0.6) is 0 Å². The first kappa shape index (κ1) is 14.5. The Kier molecular flexibility index (Phi) is 3.44. The van der Waals surface area contributed by atoms with Crippen LogP contribution in [-0.4, -0.2) is 0 Å². The molecule has 22 heavy (non-hydrogen) atoms. The Labute approximate surface area is 146 Å². The van der Waals surface area contributed by atoms with E-state index in [0.29, 0.717) is 5.92 Å². The predicted octanol–water partition coefficient (Wildman–Crippen LogP) is 6.36. The minimum Gasteiger partial charge on any atom is -0.0761 e. The Bertz CT molecular complexity index is 756. The van der Waals surface area contributed by atoms with Gasteiger partial charge in [-0.2, -0.15) is 0 Å². The van der Waals surface area contributed by atoms with Crippen molar-refractivity contribution in [2.75, 3.05) is 0 Å². The van der Waals surface area contributed by atoms with E-state index in [9.17, 15) is 0 Å². The second-order valence-electron chi connectivity index (χ2n) is 7.07. The third-order valence-corrected chi connectivity index (χ3v) is 6.36. The Hall–Kier alpha value is -1.09. The molecule has 0 bridgehead atoms. The number of hydrogen-bond acceptors (Lipinski definition) is 0. The number of rotatable bonds is 1. The smallest absolute Gasteiger partial charge is 0.0118 e. The molecule has 1 atom stereocenters. The predicted molar refractivity (Wildman–Crippen MR) is 102 cm³/mol. The summed E-state index contributed by atoms with van der Waals surface area (Å²) in [6.45, 7) is 4.78. The third kappa shape index (κ3) is 2.17. The van der Waals surface area contributed by atoms with Gasteiger partial charge in [-0.15, -0.1) is 0 Å². The van der Waals surface area contributed by atoms with Crippen LogP contribution in [0.2, 0.25) is 0 Å². The molecule has 1 unspecified atom stereocenters. The van der Waals surface area contributed by atoms with Gasteiger partial charge in [-0.25, -0.2) is 0 Å². The zero-order chi connectivity index (χ0) is 15.3. The maximum absolute atomic E-state index is 2.49. The van der Waals surface area contributed by atoms with Crippen molar-refractivity contribution in [1.82, 2.24) is 0 Å². The molecule has 1 aromatic rings. The van der Waals surface area contributed by atoms with E-state index in [0.717, 1.165) is 6.42 Å². The molecular weight excluding hydrogens is 379 g/mol. The van der Waals surface area contributed by atoms with Gasteiger partial charge in [0.2, 0.25) is 0 Å². The third-order valence-electron chi connectivity index (χ3n) is 5.46. The van der Waals surface area contributed by atoms with Crippen molar-refractivity contribution in [1.29, 1.82) is 0 Å². The minimum atomic E-state index is 0.167. The highest BCUT2D eigenvalue weighted by atomic mass is 127. The molecule has 4 rings (SSSR count).